The molecule has 1 unspecified atom stereocenters. The van der Waals surface area contributed by atoms with Gasteiger partial charge in [-0.3, -0.25) is 19.4 Å². The average Bonchev–Trinajstić information content (AvgIpc) is 2.76. The highest BCUT2D eigenvalue weighted by atomic mass is 32.2. The molecule has 9 heteroatoms. The fourth-order valence-electron chi connectivity index (χ4n) is 3.00. The van der Waals surface area contributed by atoms with E-state index in [0.29, 0.717) is 10.9 Å². The van der Waals surface area contributed by atoms with Gasteiger partial charge >= 0.3 is 0 Å². The average molecular weight is 432 g/mol. The van der Waals surface area contributed by atoms with Crippen molar-refractivity contribution in [3.63, 3.8) is 0 Å². The lowest BCUT2D eigenvalue weighted by molar-refractivity contribution is -0.128. The predicted octanol–water partition coefficient (Wildman–Crippen LogP) is 2.40. The zero-order valence-corrected chi connectivity index (χ0v) is 17.9. The normalized spacial score (nSPS) is 12.0. The Hall–Kier alpha value is -3.04. The van der Waals surface area contributed by atoms with Crippen molar-refractivity contribution in [3.05, 3.63) is 65.2 Å². The molecular formula is C21H25N3O5S. The van der Waals surface area contributed by atoms with Crippen molar-refractivity contribution in [2.45, 2.75) is 32.1 Å². The van der Waals surface area contributed by atoms with Gasteiger partial charge in [-0.1, -0.05) is 50.2 Å². The van der Waals surface area contributed by atoms with E-state index >= 15 is 0 Å². The molecule has 2 N–H and O–H groups in total. The fraction of sp³-hybridized carbons (Fsp3) is 0.286. The van der Waals surface area contributed by atoms with Crippen LogP contribution in [-0.4, -0.2) is 40.6 Å². The summed E-state index contributed by atoms with van der Waals surface area (Å²) >= 11 is 0. The molecule has 160 valence electrons. The van der Waals surface area contributed by atoms with E-state index < -0.39 is 21.0 Å². The van der Waals surface area contributed by atoms with Gasteiger partial charge in [0, 0.05) is 12.8 Å². The molecule has 1 amide bonds. The van der Waals surface area contributed by atoms with Crippen molar-refractivity contribution < 1.29 is 18.4 Å². The number of amides is 1. The molecule has 0 aliphatic rings. The number of carbonyl (C=O) groups excluding carboxylic acids is 1. The highest BCUT2D eigenvalue weighted by molar-refractivity contribution is 7.92. The molecule has 3 aromatic rings. The second-order valence-electron chi connectivity index (χ2n) is 6.42. The summed E-state index contributed by atoms with van der Waals surface area (Å²) in [6.07, 6.45) is 2.06. The van der Waals surface area contributed by atoms with Crippen LogP contribution in [0, 0.1) is 0 Å². The van der Waals surface area contributed by atoms with E-state index in [-0.39, 0.29) is 18.5 Å². The first-order valence-electron chi connectivity index (χ1n) is 9.48. The molecule has 1 heterocycles. The van der Waals surface area contributed by atoms with E-state index in [1.54, 1.807) is 6.07 Å². The number of nitrogens with zero attached hydrogens (tertiary/aromatic N) is 2. The SMILES string of the molecule is CC.CS(=O)(=O)C(CCn1cnc2cc(-c3ccccc3)ccc2c1=O)C(=O)NO. The van der Waals surface area contributed by atoms with Crippen LogP contribution in [0.25, 0.3) is 22.0 Å². The number of aryl methyl sites for hydroxylation is 1. The number of hydroxylamine groups is 1. The van der Waals surface area contributed by atoms with Crippen LogP contribution in [0.4, 0.5) is 0 Å². The van der Waals surface area contributed by atoms with E-state index in [1.165, 1.54) is 16.4 Å². The summed E-state index contributed by atoms with van der Waals surface area (Å²) in [7, 11) is -3.75. The molecule has 8 nitrogen and oxygen atoms in total. The highest BCUT2D eigenvalue weighted by Crippen LogP contribution is 2.21. The summed E-state index contributed by atoms with van der Waals surface area (Å²) in [6.45, 7) is 3.97. The molecule has 0 saturated heterocycles. The van der Waals surface area contributed by atoms with Gasteiger partial charge in [-0.15, -0.1) is 0 Å². The minimum atomic E-state index is -3.75. The van der Waals surface area contributed by atoms with E-state index in [2.05, 4.69) is 4.98 Å². The van der Waals surface area contributed by atoms with Gasteiger partial charge in [-0.05, 0) is 29.7 Å². The standard InChI is InChI=1S/C19H19N3O5S.C2H6/c1-28(26,27)17(18(23)21-25)9-10-22-12-20-16-11-14(7-8-15(16)19(22)24)13-5-3-2-4-6-13;1-2/h2-8,11-12,17,25H,9-10H2,1H3,(H,21,23);1-2H3. The zero-order chi connectivity index (χ0) is 22.3. The Bertz CT molecular complexity index is 1170. The van der Waals surface area contributed by atoms with Crippen molar-refractivity contribution in [1.82, 2.24) is 15.0 Å². The van der Waals surface area contributed by atoms with Gasteiger partial charge < -0.3 is 0 Å². The van der Waals surface area contributed by atoms with E-state index in [4.69, 9.17) is 5.21 Å². The van der Waals surface area contributed by atoms with Crippen LogP contribution in [0.2, 0.25) is 0 Å². The molecule has 0 aliphatic carbocycles. The van der Waals surface area contributed by atoms with Crippen LogP contribution in [0.1, 0.15) is 20.3 Å². The zero-order valence-electron chi connectivity index (χ0n) is 17.1. The Morgan fingerprint density at radius 2 is 1.80 bits per heavy atom. The summed E-state index contributed by atoms with van der Waals surface area (Å²) < 4.78 is 24.8. The highest BCUT2D eigenvalue weighted by Gasteiger charge is 2.28. The maximum atomic E-state index is 12.7. The van der Waals surface area contributed by atoms with Crippen molar-refractivity contribution >= 4 is 26.6 Å². The topological polar surface area (TPSA) is 118 Å². The lowest BCUT2D eigenvalue weighted by Gasteiger charge is -2.14. The van der Waals surface area contributed by atoms with Gasteiger partial charge in [0.05, 0.1) is 17.2 Å². The monoisotopic (exact) mass is 431 g/mol. The molecule has 30 heavy (non-hydrogen) atoms. The molecule has 0 bridgehead atoms. The van der Waals surface area contributed by atoms with Gasteiger partial charge in [0.15, 0.2) is 9.84 Å². The first kappa shape index (κ1) is 23.2. The maximum Gasteiger partial charge on any atom is 0.261 e. The fourth-order valence-corrected chi connectivity index (χ4v) is 3.97. The molecule has 1 aromatic heterocycles. The summed E-state index contributed by atoms with van der Waals surface area (Å²) in [5.41, 5.74) is 3.47. The van der Waals surface area contributed by atoms with Crippen molar-refractivity contribution in [2.75, 3.05) is 6.26 Å². The Kier molecular flexibility index (Phi) is 7.85. The number of hydrogen-bond donors (Lipinski definition) is 2. The summed E-state index contributed by atoms with van der Waals surface area (Å²) in [4.78, 5) is 28.6. The van der Waals surface area contributed by atoms with Gasteiger partial charge in [0.2, 0.25) is 0 Å². The van der Waals surface area contributed by atoms with Gasteiger partial charge in [-0.2, -0.15) is 0 Å². The predicted molar refractivity (Wildman–Crippen MR) is 116 cm³/mol. The number of carbonyl (C=O) groups is 1. The summed E-state index contributed by atoms with van der Waals surface area (Å²) in [5, 5.41) is 7.67. The number of benzene rings is 2. The third kappa shape index (κ3) is 5.31. The van der Waals surface area contributed by atoms with Crippen LogP contribution in [-0.2, 0) is 21.2 Å². The third-order valence-corrected chi connectivity index (χ3v) is 5.97. The van der Waals surface area contributed by atoms with Gasteiger partial charge in [0.25, 0.3) is 11.5 Å². The molecule has 0 fully saturated rings. The quantitative estimate of drug-likeness (QED) is 0.457. The van der Waals surface area contributed by atoms with Crippen LogP contribution in [0.15, 0.2) is 59.7 Å². The largest absolute Gasteiger partial charge is 0.299 e. The Labute approximate surface area is 175 Å². The summed E-state index contributed by atoms with van der Waals surface area (Å²) in [6, 6.07) is 15.0. The number of aromatic nitrogens is 2. The number of sulfone groups is 1. The minimum Gasteiger partial charge on any atom is -0.299 e. The summed E-state index contributed by atoms with van der Waals surface area (Å²) in [5.74, 6) is -1.03. The Morgan fingerprint density at radius 3 is 2.40 bits per heavy atom. The van der Waals surface area contributed by atoms with Crippen LogP contribution < -0.4 is 11.0 Å². The van der Waals surface area contributed by atoms with Crippen molar-refractivity contribution in [3.8, 4) is 11.1 Å². The van der Waals surface area contributed by atoms with E-state index in [0.717, 1.165) is 17.4 Å². The molecule has 0 aliphatic heterocycles. The van der Waals surface area contributed by atoms with Crippen molar-refractivity contribution in [1.29, 1.82) is 0 Å². The number of hydrogen-bond acceptors (Lipinski definition) is 6. The molecule has 2 aromatic carbocycles. The smallest absolute Gasteiger partial charge is 0.261 e. The molecule has 0 spiro atoms. The molecule has 1 atom stereocenters. The van der Waals surface area contributed by atoms with Gasteiger partial charge in [-0.25, -0.2) is 18.9 Å². The van der Waals surface area contributed by atoms with E-state index in [1.807, 2.05) is 56.3 Å². The van der Waals surface area contributed by atoms with Crippen LogP contribution in [0.5, 0.6) is 0 Å². The second kappa shape index (κ2) is 10.1. The van der Waals surface area contributed by atoms with E-state index in [9.17, 15) is 18.0 Å². The Morgan fingerprint density at radius 1 is 1.13 bits per heavy atom. The number of rotatable bonds is 6. The molecule has 0 saturated carbocycles. The first-order chi connectivity index (χ1) is 14.3. The lowest BCUT2D eigenvalue weighted by Crippen LogP contribution is -2.39. The van der Waals surface area contributed by atoms with Crippen LogP contribution >= 0.6 is 0 Å². The lowest BCUT2D eigenvalue weighted by atomic mass is 10.0. The number of nitrogens with one attached hydrogen (secondary N) is 1. The Balaban J connectivity index is 0.00000155. The molecule has 0 radical (unpaired) electrons. The minimum absolute atomic E-state index is 0.0344. The number of fused-ring (bicyclic) bond motifs is 1. The van der Waals surface area contributed by atoms with Gasteiger partial charge in [0.1, 0.15) is 5.25 Å². The van der Waals surface area contributed by atoms with Crippen molar-refractivity contribution in [2.24, 2.45) is 0 Å². The third-order valence-electron chi connectivity index (χ3n) is 4.48. The maximum absolute atomic E-state index is 12.7. The molecular weight excluding hydrogens is 406 g/mol. The van der Waals surface area contributed by atoms with Crippen LogP contribution in [0.3, 0.4) is 0 Å². The molecule has 3 rings (SSSR count). The first-order valence-corrected chi connectivity index (χ1v) is 11.4. The second-order valence-corrected chi connectivity index (χ2v) is 8.65.